The predicted octanol–water partition coefficient (Wildman–Crippen LogP) is 4.50. The van der Waals surface area contributed by atoms with Gasteiger partial charge in [-0.3, -0.25) is 0 Å². The minimum absolute atomic E-state index is 0. The van der Waals surface area contributed by atoms with E-state index < -0.39 is 0 Å². The van der Waals surface area contributed by atoms with E-state index in [1.165, 1.54) is 11.1 Å². The van der Waals surface area contributed by atoms with Gasteiger partial charge < -0.3 is 20.1 Å². The van der Waals surface area contributed by atoms with Crippen molar-refractivity contribution in [1.29, 1.82) is 0 Å². The van der Waals surface area contributed by atoms with E-state index in [9.17, 15) is 0 Å². The average Bonchev–Trinajstić information content (AvgIpc) is 2.71. The molecule has 0 atom stereocenters. The number of benzene rings is 2. The topological polar surface area (TPSA) is 54.9 Å². The van der Waals surface area contributed by atoms with Crippen molar-refractivity contribution in [2.75, 3.05) is 20.3 Å². The van der Waals surface area contributed by atoms with Crippen LogP contribution in [0.3, 0.4) is 0 Å². The molecule has 0 saturated carbocycles. The number of hydrogen-bond acceptors (Lipinski definition) is 3. The summed E-state index contributed by atoms with van der Waals surface area (Å²) in [4.78, 5) is 4.68. The maximum atomic E-state index is 5.70. The van der Waals surface area contributed by atoms with Gasteiger partial charge in [0.1, 0.15) is 5.75 Å². The fourth-order valence-electron chi connectivity index (χ4n) is 2.62. The molecule has 154 valence electrons. The molecule has 0 spiro atoms. The number of halogens is 1. The summed E-state index contributed by atoms with van der Waals surface area (Å²) in [5.74, 6) is 1.66. The Bertz CT molecular complexity index is 705. The lowest BCUT2D eigenvalue weighted by Crippen LogP contribution is -2.37. The molecule has 5 nitrogen and oxygen atoms in total. The maximum absolute atomic E-state index is 5.70. The van der Waals surface area contributed by atoms with Gasteiger partial charge in [0.25, 0.3) is 0 Å². The first-order valence-electron chi connectivity index (χ1n) is 9.56. The average molecular weight is 497 g/mol. The zero-order chi connectivity index (χ0) is 19.3. The first-order chi connectivity index (χ1) is 13.3. The lowest BCUT2D eigenvalue weighted by atomic mass is 10.1. The standard InChI is InChI=1S/C22H31N3O2.HI/c1-4-14-27-17-20-9-7-6-8-19(20)16-25-22(23-5-2)24-15-18-10-12-21(26-3)13-11-18;/h6-13H,4-5,14-17H2,1-3H3,(H2,23,24,25);1H. The second-order valence-electron chi connectivity index (χ2n) is 6.22. The van der Waals surface area contributed by atoms with Crippen LogP contribution >= 0.6 is 24.0 Å². The van der Waals surface area contributed by atoms with Gasteiger partial charge in [-0.2, -0.15) is 0 Å². The summed E-state index contributed by atoms with van der Waals surface area (Å²) >= 11 is 0. The van der Waals surface area contributed by atoms with Crippen molar-refractivity contribution in [3.05, 3.63) is 65.2 Å². The second kappa shape index (κ2) is 14.2. The van der Waals surface area contributed by atoms with Gasteiger partial charge in [0.05, 0.1) is 20.3 Å². The molecular weight excluding hydrogens is 465 g/mol. The van der Waals surface area contributed by atoms with Crippen LogP contribution in [0.1, 0.15) is 37.0 Å². The zero-order valence-electron chi connectivity index (χ0n) is 17.0. The van der Waals surface area contributed by atoms with Gasteiger partial charge in [0.2, 0.25) is 0 Å². The van der Waals surface area contributed by atoms with Crippen molar-refractivity contribution in [2.45, 2.75) is 40.0 Å². The molecular formula is C22H32IN3O2. The van der Waals surface area contributed by atoms with E-state index in [0.717, 1.165) is 36.8 Å². The maximum Gasteiger partial charge on any atom is 0.191 e. The quantitative estimate of drug-likeness (QED) is 0.220. The van der Waals surface area contributed by atoms with Crippen molar-refractivity contribution in [1.82, 2.24) is 10.6 Å². The molecule has 0 unspecified atom stereocenters. The molecule has 0 saturated heterocycles. The van der Waals surface area contributed by atoms with Crippen LogP contribution in [-0.4, -0.2) is 26.2 Å². The molecule has 0 fully saturated rings. The molecule has 0 aromatic heterocycles. The first-order valence-corrected chi connectivity index (χ1v) is 9.56. The number of aliphatic imine (C=N–C) groups is 1. The van der Waals surface area contributed by atoms with Crippen LogP contribution < -0.4 is 15.4 Å². The molecule has 2 N–H and O–H groups in total. The molecule has 0 heterocycles. The monoisotopic (exact) mass is 497 g/mol. The summed E-state index contributed by atoms with van der Waals surface area (Å²) in [6.07, 6.45) is 1.03. The highest BCUT2D eigenvalue weighted by Crippen LogP contribution is 2.12. The Labute approximate surface area is 186 Å². The van der Waals surface area contributed by atoms with E-state index in [1.54, 1.807) is 7.11 Å². The Balaban J connectivity index is 0.00000392. The third kappa shape index (κ3) is 8.48. The van der Waals surface area contributed by atoms with Gasteiger partial charge in [-0.15, -0.1) is 24.0 Å². The first kappa shape index (κ1) is 24.2. The highest BCUT2D eigenvalue weighted by Gasteiger charge is 2.04. The Hall–Kier alpha value is -1.80. The van der Waals surface area contributed by atoms with Crippen molar-refractivity contribution in [2.24, 2.45) is 4.99 Å². The smallest absolute Gasteiger partial charge is 0.191 e. The van der Waals surface area contributed by atoms with E-state index in [4.69, 9.17) is 9.47 Å². The SMILES string of the molecule is CCCOCc1ccccc1CNC(=NCc1ccc(OC)cc1)NCC.I. The second-order valence-corrected chi connectivity index (χ2v) is 6.22. The Kier molecular flexibility index (Phi) is 12.3. The Morgan fingerprint density at radius 3 is 2.32 bits per heavy atom. The summed E-state index contributed by atoms with van der Waals surface area (Å²) in [6.45, 7) is 7.75. The third-order valence-electron chi connectivity index (χ3n) is 4.09. The molecule has 6 heteroatoms. The van der Waals surface area contributed by atoms with Crippen LogP contribution in [0.2, 0.25) is 0 Å². The van der Waals surface area contributed by atoms with E-state index in [2.05, 4.69) is 53.7 Å². The fourth-order valence-corrected chi connectivity index (χ4v) is 2.62. The van der Waals surface area contributed by atoms with Crippen molar-refractivity contribution < 1.29 is 9.47 Å². The Morgan fingerprint density at radius 1 is 0.964 bits per heavy atom. The lowest BCUT2D eigenvalue weighted by molar-refractivity contribution is 0.121. The summed E-state index contributed by atoms with van der Waals surface area (Å²) in [5.41, 5.74) is 3.58. The van der Waals surface area contributed by atoms with Gasteiger partial charge in [-0.05, 0) is 42.2 Å². The highest BCUT2D eigenvalue weighted by atomic mass is 127. The summed E-state index contributed by atoms with van der Waals surface area (Å²) in [6, 6.07) is 16.3. The summed E-state index contributed by atoms with van der Waals surface area (Å²) in [5, 5.41) is 6.72. The molecule has 0 aliphatic carbocycles. The molecule has 0 aliphatic rings. The number of ether oxygens (including phenoxy) is 2. The van der Waals surface area contributed by atoms with Gasteiger partial charge in [0, 0.05) is 19.7 Å². The summed E-state index contributed by atoms with van der Waals surface area (Å²) < 4.78 is 10.9. The molecule has 2 aromatic carbocycles. The van der Waals surface area contributed by atoms with Crippen LogP contribution in [0.25, 0.3) is 0 Å². The zero-order valence-corrected chi connectivity index (χ0v) is 19.4. The number of guanidine groups is 1. The lowest BCUT2D eigenvalue weighted by Gasteiger charge is -2.14. The van der Waals surface area contributed by atoms with Gasteiger partial charge in [-0.25, -0.2) is 4.99 Å². The van der Waals surface area contributed by atoms with Crippen molar-refractivity contribution in [3.8, 4) is 5.75 Å². The molecule has 0 aliphatic heterocycles. The number of methoxy groups -OCH3 is 1. The van der Waals surface area contributed by atoms with Crippen molar-refractivity contribution >= 4 is 29.9 Å². The van der Waals surface area contributed by atoms with E-state index in [0.29, 0.717) is 19.7 Å². The van der Waals surface area contributed by atoms with Crippen LogP contribution in [0.5, 0.6) is 5.75 Å². The Morgan fingerprint density at radius 2 is 1.68 bits per heavy atom. The minimum Gasteiger partial charge on any atom is -0.497 e. The van der Waals surface area contributed by atoms with E-state index in [1.807, 2.05) is 24.3 Å². The largest absolute Gasteiger partial charge is 0.497 e. The predicted molar refractivity (Wildman–Crippen MR) is 126 cm³/mol. The molecule has 2 aromatic rings. The van der Waals surface area contributed by atoms with Gasteiger partial charge in [0.15, 0.2) is 5.96 Å². The van der Waals surface area contributed by atoms with Crippen LogP contribution in [-0.2, 0) is 24.4 Å². The molecule has 0 radical (unpaired) electrons. The molecule has 0 amide bonds. The molecule has 2 rings (SSSR count). The fraction of sp³-hybridized carbons (Fsp3) is 0.409. The normalized spacial score (nSPS) is 10.9. The molecule has 0 bridgehead atoms. The van der Waals surface area contributed by atoms with E-state index in [-0.39, 0.29) is 24.0 Å². The number of hydrogen-bond donors (Lipinski definition) is 2. The molecule has 28 heavy (non-hydrogen) atoms. The minimum atomic E-state index is 0. The van der Waals surface area contributed by atoms with Crippen LogP contribution in [0.15, 0.2) is 53.5 Å². The van der Waals surface area contributed by atoms with Crippen molar-refractivity contribution in [3.63, 3.8) is 0 Å². The van der Waals surface area contributed by atoms with Gasteiger partial charge in [-0.1, -0.05) is 43.3 Å². The van der Waals surface area contributed by atoms with Crippen LogP contribution in [0.4, 0.5) is 0 Å². The van der Waals surface area contributed by atoms with Crippen LogP contribution in [0, 0.1) is 0 Å². The van der Waals surface area contributed by atoms with Gasteiger partial charge >= 0.3 is 0 Å². The number of nitrogens with one attached hydrogen (secondary N) is 2. The van der Waals surface area contributed by atoms with E-state index >= 15 is 0 Å². The number of rotatable bonds is 10. The third-order valence-corrected chi connectivity index (χ3v) is 4.09. The number of nitrogens with zero attached hydrogens (tertiary/aromatic N) is 1. The summed E-state index contributed by atoms with van der Waals surface area (Å²) in [7, 11) is 1.67. The highest BCUT2D eigenvalue weighted by molar-refractivity contribution is 14.0.